The Hall–Kier alpha value is -2.58. The number of sulfonamides is 1. The molecule has 0 radical (unpaired) electrons. The third kappa shape index (κ3) is 5.31. The molecule has 30 heavy (non-hydrogen) atoms. The molecule has 1 saturated heterocycles. The molecule has 1 N–H and O–H groups in total. The van der Waals surface area contributed by atoms with Crippen molar-refractivity contribution in [2.45, 2.75) is 37.5 Å². The molecule has 1 aliphatic heterocycles. The zero-order valence-corrected chi connectivity index (χ0v) is 18.2. The van der Waals surface area contributed by atoms with Gasteiger partial charge < -0.3 is 14.4 Å². The van der Waals surface area contributed by atoms with E-state index >= 15 is 0 Å². The maximum absolute atomic E-state index is 12.7. The van der Waals surface area contributed by atoms with Gasteiger partial charge in [0, 0.05) is 19.5 Å². The molecule has 162 valence electrons. The van der Waals surface area contributed by atoms with Crippen molar-refractivity contribution in [3.8, 4) is 11.5 Å². The number of anilines is 1. The highest BCUT2D eigenvalue weighted by molar-refractivity contribution is 7.89. The summed E-state index contributed by atoms with van der Waals surface area (Å²) in [5, 5.41) is 0. The number of carbonyl (C=O) groups is 1. The van der Waals surface area contributed by atoms with Crippen LogP contribution in [-0.2, 0) is 21.2 Å². The predicted molar refractivity (Wildman–Crippen MR) is 116 cm³/mol. The van der Waals surface area contributed by atoms with Crippen LogP contribution in [0, 0.1) is 0 Å². The Morgan fingerprint density at radius 1 is 1.13 bits per heavy atom. The van der Waals surface area contributed by atoms with E-state index in [9.17, 15) is 13.2 Å². The molecule has 3 rings (SSSR count). The van der Waals surface area contributed by atoms with Gasteiger partial charge in [-0.3, -0.25) is 4.79 Å². The van der Waals surface area contributed by atoms with E-state index in [1.807, 2.05) is 31.2 Å². The van der Waals surface area contributed by atoms with Gasteiger partial charge in [0.2, 0.25) is 15.9 Å². The molecule has 7 nitrogen and oxygen atoms in total. The summed E-state index contributed by atoms with van der Waals surface area (Å²) >= 11 is 0. The number of rotatable bonds is 10. The summed E-state index contributed by atoms with van der Waals surface area (Å²) in [4.78, 5) is 13.8. The van der Waals surface area contributed by atoms with Crippen molar-refractivity contribution >= 4 is 21.6 Å². The van der Waals surface area contributed by atoms with E-state index < -0.39 is 10.0 Å². The second-order valence-electron chi connectivity index (χ2n) is 7.06. The molecule has 0 aromatic heterocycles. The number of methoxy groups -OCH3 is 1. The lowest BCUT2D eigenvalue weighted by Crippen LogP contribution is -2.27. The molecule has 1 heterocycles. The Morgan fingerprint density at radius 3 is 2.53 bits per heavy atom. The largest absolute Gasteiger partial charge is 0.495 e. The summed E-state index contributed by atoms with van der Waals surface area (Å²) in [7, 11) is -2.18. The minimum atomic E-state index is -3.69. The molecule has 8 heteroatoms. The van der Waals surface area contributed by atoms with Gasteiger partial charge in [-0.2, -0.15) is 0 Å². The van der Waals surface area contributed by atoms with Crippen LogP contribution < -0.4 is 19.1 Å². The molecule has 0 atom stereocenters. The molecular weight excluding hydrogens is 404 g/mol. The summed E-state index contributed by atoms with van der Waals surface area (Å²) in [5.74, 6) is 1.29. The number of nitrogens with one attached hydrogen (secondary N) is 1. The van der Waals surface area contributed by atoms with Crippen molar-refractivity contribution < 1.29 is 22.7 Å². The summed E-state index contributed by atoms with van der Waals surface area (Å²) < 4.78 is 38.9. The molecule has 0 unspecified atom stereocenters. The van der Waals surface area contributed by atoms with Gasteiger partial charge in [-0.25, -0.2) is 13.1 Å². The van der Waals surface area contributed by atoms with Crippen molar-refractivity contribution in [3.05, 3.63) is 48.0 Å². The molecule has 0 bridgehead atoms. The predicted octanol–water partition coefficient (Wildman–Crippen LogP) is 3.13. The maximum atomic E-state index is 12.7. The molecule has 2 aromatic carbocycles. The number of ether oxygens (including phenoxy) is 2. The highest BCUT2D eigenvalue weighted by atomic mass is 32.2. The number of aryl methyl sites for hydroxylation is 1. The zero-order chi connectivity index (χ0) is 21.6. The maximum Gasteiger partial charge on any atom is 0.240 e. The van der Waals surface area contributed by atoms with Crippen molar-refractivity contribution in [1.29, 1.82) is 0 Å². The van der Waals surface area contributed by atoms with Crippen LogP contribution in [0.2, 0.25) is 0 Å². The first-order valence-corrected chi connectivity index (χ1v) is 11.6. The second kappa shape index (κ2) is 9.95. The van der Waals surface area contributed by atoms with Gasteiger partial charge in [0.15, 0.2) is 0 Å². The number of hydrogen-bond donors (Lipinski definition) is 1. The monoisotopic (exact) mass is 432 g/mol. The Balaban J connectivity index is 1.61. The van der Waals surface area contributed by atoms with Crippen LogP contribution in [0.15, 0.2) is 47.4 Å². The molecule has 0 spiro atoms. The third-order valence-corrected chi connectivity index (χ3v) is 6.45. The first kappa shape index (κ1) is 22.1. The summed E-state index contributed by atoms with van der Waals surface area (Å²) in [5.41, 5.74) is 1.62. The normalized spacial score (nSPS) is 14.2. The molecule has 1 fully saturated rings. The van der Waals surface area contributed by atoms with Crippen LogP contribution in [0.25, 0.3) is 0 Å². The van der Waals surface area contributed by atoms with E-state index in [0.29, 0.717) is 44.0 Å². The molecular formula is C22H28N2O5S. The Bertz CT molecular complexity index is 974. The van der Waals surface area contributed by atoms with Crippen LogP contribution in [0.4, 0.5) is 5.69 Å². The summed E-state index contributed by atoms with van der Waals surface area (Å²) in [6, 6.07) is 12.4. The smallest absolute Gasteiger partial charge is 0.240 e. The van der Waals surface area contributed by atoms with E-state index in [1.165, 1.54) is 19.2 Å². The Labute approximate surface area is 178 Å². The highest BCUT2D eigenvalue weighted by Gasteiger charge is 2.26. The van der Waals surface area contributed by atoms with Crippen LogP contribution in [0.3, 0.4) is 0 Å². The first-order valence-electron chi connectivity index (χ1n) is 10.1. The van der Waals surface area contributed by atoms with E-state index in [0.717, 1.165) is 24.2 Å². The fourth-order valence-electron chi connectivity index (χ4n) is 3.45. The molecule has 2 aromatic rings. The lowest BCUT2D eigenvalue weighted by atomic mass is 10.1. The SMILES string of the molecule is CCOc1ccc(CCCNS(=O)(=O)c2ccc(OC)c(N3CCCC3=O)c2)cc1. The summed E-state index contributed by atoms with van der Waals surface area (Å²) in [6.07, 6.45) is 2.64. The Kier molecular flexibility index (Phi) is 7.33. The molecule has 0 saturated carbocycles. The van der Waals surface area contributed by atoms with Gasteiger partial charge >= 0.3 is 0 Å². The fourth-order valence-corrected chi connectivity index (χ4v) is 4.55. The lowest BCUT2D eigenvalue weighted by Gasteiger charge is -2.20. The van der Waals surface area contributed by atoms with Gasteiger partial charge in [0.05, 0.1) is 24.3 Å². The number of benzene rings is 2. The molecule has 1 aliphatic rings. The average molecular weight is 433 g/mol. The van der Waals surface area contributed by atoms with Gasteiger partial charge in [-0.05, 0) is 62.1 Å². The van der Waals surface area contributed by atoms with Gasteiger partial charge in [-0.15, -0.1) is 0 Å². The van der Waals surface area contributed by atoms with Crippen LogP contribution in [0.1, 0.15) is 31.7 Å². The number of amides is 1. The third-order valence-electron chi connectivity index (χ3n) is 4.99. The standard InChI is InChI=1S/C22H28N2O5S/c1-3-29-18-10-8-17(9-11-18)6-4-14-23-30(26,27)19-12-13-21(28-2)20(16-19)24-15-5-7-22(24)25/h8-13,16,23H,3-7,14-15H2,1-2H3. The van der Waals surface area contributed by atoms with E-state index in [2.05, 4.69) is 4.72 Å². The van der Waals surface area contributed by atoms with E-state index in [1.54, 1.807) is 11.0 Å². The van der Waals surface area contributed by atoms with Crippen LogP contribution >= 0.6 is 0 Å². The minimum absolute atomic E-state index is 0.0221. The first-order chi connectivity index (χ1) is 14.4. The lowest BCUT2D eigenvalue weighted by molar-refractivity contribution is -0.117. The Morgan fingerprint density at radius 2 is 1.90 bits per heavy atom. The van der Waals surface area contributed by atoms with Crippen LogP contribution in [0.5, 0.6) is 11.5 Å². The topological polar surface area (TPSA) is 84.9 Å². The van der Waals surface area contributed by atoms with Crippen molar-refractivity contribution in [1.82, 2.24) is 4.72 Å². The number of hydrogen-bond acceptors (Lipinski definition) is 5. The van der Waals surface area contributed by atoms with Crippen LogP contribution in [-0.4, -0.2) is 41.1 Å². The van der Waals surface area contributed by atoms with Crippen molar-refractivity contribution in [2.75, 3.05) is 31.7 Å². The zero-order valence-electron chi connectivity index (χ0n) is 17.4. The fraction of sp³-hybridized carbons (Fsp3) is 0.409. The summed E-state index contributed by atoms with van der Waals surface area (Å²) in [6.45, 7) is 3.45. The van der Waals surface area contributed by atoms with E-state index in [-0.39, 0.29) is 10.8 Å². The van der Waals surface area contributed by atoms with Crippen molar-refractivity contribution in [2.24, 2.45) is 0 Å². The number of carbonyl (C=O) groups excluding carboxylic acids is 1. The quantitative estimate of drug-likeness (QED) is 0.583. The second-order valence-corrected chi connectivity index (χ2v) is 8.83. The van der Waals surface area contributed by atoms with E-state index in [4.69, 9.17) is 9.47 Å². The van der Waals surface area contributed by atoms with Gasteiger partial charge in [-0.1, -0.05) is 12.1 Å². The molecule has 0 aliphatic carbocycles. The minimum Gasteiger partial charge on any atom is -0.495 e. The van der Waals surface area contributed by atoms with Gasteiger partial charge in [0.1, 0.15) is 11.5 Å². The molecule has 1 amide bonds. The number of nitrogens with zero attached hydrogens (tertiary/aromatic N) is 1. The van der Waals surface area contributed by atoms with Gasteiger partial charge in [0.25, 0.3) is 0 Å². The highest BCUT2D eigenvalue weighted by Crippen LogP contribution is 2.33. The van der Waals surface area contributed by atoms with Crippen molar-refractivity contribution in [3.63, 3.8) is 0 Å². The average Bonchev–Trinajstić information content (AvgIpc) is 3.18.